The second-order valence-electron chi connectivity index (χ2n) is 20.1. The van der Waals surface area contributed by atoms with Gasteiger partial charge in [0.1, 0.15) is 13.2 Å². The van der Waals surface area contributed by atoms with Crippen LogP contribution >= 0.6 is 0 Å². The topological polar surface area (TPSA) is 78.9 Å². The highest BCUT2D eigenvalue weighted by Crippen LogP contribution is 2.18. The molecule has 0 aromatic heterocycles. The lowest BCUT2D eigenvalue weighted by atomic mass is 9.99. The maximum Gasteiger partial charge on any atom is 0.306 e. The summed E-state index contributed by atoms with van der Waals surface area (Å²) in [4.78, 5) is 37.9. The zero-order valence-electron chi connectivity index (χ0n) is 42.0. The van der Waals surface area contributed by atoms with E-state index >= 15 is 0 Å². The predicted octanol–water partition coefficient (Wildman–Crippen LogP) is 17.6. The van der Waals surface area contributed by atoms with Crippen LogP contribution in [-0.2, 0) is 28.6 Å². The van der Waals surface area contributed by atoms with Crippen LogP contribution in [0.2, 0.25) is 0 Å². The standard InChI is InChI=1S/C55H106O6/c1-7-51(6)43-37-31-25-20-21-27-34-40-46-55(58)61-52(48-60-54(57)45-39-33-28-22-24-30-36-42-50(4)5)47-59-53(56)44-38-32-26-19-17-15-13-11-9-8-10-12-14-16-18-23-29-35-41-49(2)3/h49-52H,7-48H2,1-6H3/t51?,52-/m1/s1. The van der Waals surface area contributed by atoms with Crippen molar-refractivity contribution in [1.29, 1.82) is 0 Å². The van der Waals surface area contributed by atoms with E-state index in [4.69, 9.17) is 14.2 Å². The highest BCUT2D eigenvalue weighted by molar-refractivity contribution is 5.71. The molecule has 0 aliphatic heterocycles. The van der Waals surface area contributed by atoms with Crippen LogP contribution in [0.4, 0.5) is 0 Å². The summed E-state index contributed by atoms with van der Waals surface area (Å²) < 4.78 is 16.8. The number of rotatable bonds is 48. The minimum absolute atomic E-state index is 0.0651. The van der Waals surface area contributed by atoms with Gasteiger partial charge in [-0.3, -0.25) is 14.4 Å². The first-order chi connectivity index (χ1) is 29.6. The average molecular weight is 863 g/mol. The van der Waals surface area contributed by atoms with Gasteiger partial charge < -0.3 is 14.2 Å². The van der Waals surface area contributed by atoms with Crippen molar-refractivity contribution in [2.24, 2.45) is 17.8 Å². The second-order valence-corrected chi connectivity index (χ2v) is 20.1. The quantitative estimate of drug-likeness (QED) is 0.0344. The fourth-order valence-corrected chi connectivity index (χ4v) is 8.26. The van der Waals surface area contributed by atoms with Crippen molar-refractivity contribution in [3.05, 3.63) is 0 Å². The van der Waals surface area contributed by atoms with Gasteiger partial charge in [-0.25, -0.2) is 0 Å². The molecular weight excluding hydrogens is 757 g/mol. The zero-order valence-corrected chi connectivity index (χ0v) is 42.0. The fourth-order valence-electron chi connectivity index (χ4n) is 8.26. The Balaban J connectivity index is 4.20. The van der Waals surface area contributed by atoms with Crippen LogP contribution in [0.5, 0.6) is 0 Å². The van der Waals surface area contributed by atoms with Crippen molar-refractivity contribution in [3.8, 4) is 0 Å². The number of carbonyl (C=O) groups excluding carboxylic acids is 3. The van der Waals surface area contributed by atoms with Crippen LogP contribution in [0.1, 0.15) is 298 Å². The molecule has 0 saturated heterocycles. The Bertz CT molecular complexity index is 947. The summed E-state index contributed by atoms with van der Waals surface area (Å²) in [7, 11) is 0. The van der Waals surface area contributed by atoms with E-state index < -0.39 is 6.10 Å². The van der Waals surface area contributed by atoms with Crippen molar-refractivity contribution < 1.29 is 28.6 Å². The van der Waals surface area contributed by atoms with E-state index in [2.05, 4.69) is 41.5 Å². The molecule has 0 aromatic carbocycles. The monoisotopic (exact) mass is 863 g/mol. The minimum atomic E-state index is -0.763. The summed E-state index contributed by atoms with van der Waals surface area (Å²) in [5.41, 5.74) is 0. The number of ether oxygens (including phenoxy) is 3. The summed E-state index contributed by atoms with van der Waals surface area (Å²) >= 11 is 0. The van der Waals surface area contributed by atoms with Gasteiger partial charge in [-0.05, 0) is 37.0 Å². The molecule has 0 spiro atoms. The molecule has 0 bridgehead atoms. The molecule has 0 radical (unpaired) electrons. The summed E-state index contributed by atoms with van der Waals surface area (Å²) in [6.45, 7) is 13.7. The molecule has 6 nitrogen and oxygen atoms in total. The highest BCUT2D eigenvalue weighted by atomic mass is 16.6. The molecule has 0 aliphatic carbocycles. The Morgan fingerprint density at radius 3 is 0.852 bits per heavy atom. The highest BCUT2D eigenvalue weighted by Gasteiger charge is 2.19. The molecule has 0 N–H and O–H groups in total. The van der Waals surface area contributed by atoms with E-state index in [9.17, 15) is 14.4 Å². The number of unbranched alkanes of at least 4 members (excludes halogenated alkanes) is 30. The molecule has 1 unspecified atom stereocenters. The smallest absolute Gasteiger partial charge is 0.306 e. The number of hydrogen-bond acceptors (Lipinski definition) is 6. The normalized spacial score (nSPS) is 12.6. The van der Waals surface area contributed by atoms with E-state index in [0.29, 0.717) is 19.3 Å². The molecule has 0 heterocycles. The lowest BCUT2D eigenvalue weighted by molar-refractivity contribution is -0.167. The Kier molecular flexibility index (Phi) is 45.2. The third-order valence-corrected chi connectivity index (χ3v) is 12.8. The van der Waals surface area contributed by atoms with Gasteiger partial charge in [0.05, 0.1) is 0 Å². The zero-order chi connectivity index (χ0) is 44.9. The van der Waals surface area contributed by atoms with E-state index in [1.165, 1.54) is 180 Å². The van der Waals surface area contributed by atoms with Crippen LogP contribution in [0.15, 0.2) is 0 Å². The maximum atomic E-state index is 12.8. The molecule has 6 heteroatoms. The number of esters is 3. The van der Waals surface area contributed by atoms with Gasteiger partial charge in [0.15, 0.2) is 6.10 Å². The fraction of sp³-hybridized carbons (Fsp3) is 0.945. The van der Waals surface area contributed by atoms with E-state index in [1.54, 1.807) is 0 Å². The lowest BCUT2D eigenvalue weighted by Crippen LogP contribution is -2.30. The van der Waals surface area contributed by atoms with E-state index in [1.807, 2.05) is 0 Å². The van der Waals surface area contributed by atoms with Crippen LogP contribution in [-0.4, -0.2) is 37.2 Å². The van der Waals surface area contributed by atoms with Gasteiger partial charge in [0.25, 0.3) is 0 Å². The van der Waals surface area contributed by atoms with Crippen LogP contribution in [0.25, 0.3) is 0 Å². The molecule has 0 fully saturated rings. The largest absolute Gasteiger partial charge is 0.462 e. The third-order valence-electron chi connectivity index (χ3n) is 12.8. The van der Waals surface area contributed by atoms with Gasteiger partial charge in [-0.2, -0.15) is 0 Å². The van der Waals surface area contributed by atoms with Crippen LogP contribution in [0.3, 0.4) is 0 Å². The third kappa shape index (κ3) is 47.7. The molecule has 2 atom stereocenters. The summed E-state index contributed by atoms with van der Waals surface area (Å²) in [6, 6.07) is 0. The molecule has 0 amide bonds. The van der Waals surface area contributed by atoms with E-state index in [0.717, 1.165) is 75.5 Å². The van der Waals surface area contributed by atoms with Crippen LogP contribution in [0, 0.1) is 17.8 Å². The van der Waals surface area contributed by atoms with Crippen molar-refractivity contribution >= 4 is 17.9 Å². The Labute approximate surface area is 380 Å². The summed E-state index contributed by atoms with van der Waals surface area (Å²) in [5, 5.41) is 0. The molecule has 0 rings (SSSR count). The Morgan fingerprint density at radius 1 is 0.328 bits per heavy atom. The molecular formula is C55H106O6. The number of hydrogen-bond donors (Lipinski definition) is 0. The summed E-state index contributed by atoms with van der Waals surface area (Å²) in [5.74, 6) is 1.63. The second kappa shape index (κ2) is 46.4. The number of carbonyl (C=O) groups is 3. The first kappa shape index (κ1) is 59.4. The first-order valence-corrected chi connectivity index (χ1v) is 27.1. The predicted molar refractivity (Wildman–Crippen MR) is 261 cm³/mol. The molecule has 362 valence electrons. The van der Waals surface area contributed by atoms with Crippen LogP contribution < -0.4 is 0 Å². The van der Waals surface area contributed by atoms with Gasteiger partial charge in [0, 0.05) is 19.3 Å². The lowest BCUT2D eigenvalue weighted by Gasteiger charge is -2.18. The summed E-state index contributed by atoms with van der Waals surface area (Å²) in [6.07, 6.45) is 46.8. The SMILES string of the molecule is CCC(C)CCCCCCCCCCC(=O)O[C@H](COC(=O)CCCCCCCCCCCCCCCCCCCCC(C)C)COC(=O)CCCCCCCCCC(C)C. The van der Waals surface area contributed by atoms with Crippen molar-refractivity contribution in [1.82, 2.24) is 0 Å². The minimum Gasteiger partial charge on any atom is -0.462 e. The molecule has 0 saturated carbocycles. The maximum absolute atomic E-state index is 12.8. The molecule has 0 aliphatic rings. The van der Waals surface area contributed by atoms with Gasteiger partial charge in [-0.15, -0.1) is 0 Å². The van der Waals surface area contributed by atoms with E-state index in [-0.39, 0.29) is 31.1 Å². The van der Waals surface area contributed by atoms with Crippen molar-refractivity contribution in [3.63, 3.8) is 0 Å². The Hall–Kier alpha value is -1.59. The molecule has 0 aromatic rings. The van der Waals surface area contributed by atoms with Gasteiger partial charge in [-0.1, -0.05) is 260 Å². The van der Waals surface area contributed by atoms with Crippen molar-refractivity contribution in [2.75, 3.05) is 13.2 Å². The van der Waals surface area contributed by atoms with Crippen molar-refractivity contribution in [2.45, 2.75) is 304 Å². The van der Waals surface area contributed by atoms with Gasteiger partial charge in [0.2, 0.25) is 0 Å². The average Bonchev–Trinajstić information content (AvgIpc) is 3.23. The first-order valence-electron chi connectivity index (χ1n) is 27.1. The van der Waals surface area contributed by atoms with Gasteiger partial charge >= 0.3 is 17.9 Å². The molecule has 61 heavy (non-hydrogen) atoms. The Morgan fingerprint density at radius 2 is 0.574 bits per heavy atom.